The van der Waals surface area contributed by atoms with Crippen LogP contribution in [-0.4, -0.2) is 29.5 Å². The monoisotopic (exact) mass is 247 g/mol. The van der Waals surface area contributed by atoms with Crippen LogP contribution >= 0.6 is 0 Å². The fraction of sp³-hybridized carbons (Fsp3) is 0.667. The Morgan fingerprint density at radius 2 is 2.22 bits per heavy atom. The number of nitrogens with two attached hydrogens (primary N) is 1. The highest BCUT2D eigenvalue weighted by Gasteiger charge is 2.22. The Morgan fingerprint density at radius 1 is 1.39 bits per heavy atom. The number of hydrogen-bond donors (Lipinski definition) is 1. The summed E-state index contributed by atoms with van der Waals surface area (Å²) in [5.41, 5.74) is 6.98. The number of nitrogens with zero attached hydrogens (tertiary/aromatic N) is 2. The smallest absolute Gasteiger partial charge is 0.123 e. The van der Waals surface area contributed by atoms with Crippen molar-refractivity contribution in [1.82, 2.24) is 9.88 Å². The molecule has 0 saturated carbocycles. The number of nitrogen functional groups attached to an aromatic ring is 1. The van der Waals surface area contributed by atoms with Crippen LogP contribution in [0.5, 0.6) is 0 Å². The van der Waals surface area contributed by atoms with E-state index in [4.69, 9.17) is 5.73 Å². The van der Waals surface area contributed by atoms with Crippen LogP contribution in [0.25, 0.3) is 0 Å². The lowest BCUT2D eigenvalue weighted by molar-refractivity contribution is 0.291. The largest absolute Gasteiger partial charge is 0.384 e. The molecule has 2 unspecified atom stereocenters. The maximum atomic E-state index is 5.65. The van der Waals surface area contributed by atoms with Crippen LogP contribution in [0.2, 0.25) is 0 Å². The highest BCUT2D eigenvalue weighted by molar-refractivity contribution is 5.30. The summed E-state index contributed by atoms with van der Waals surface area (Å²) in [6.45, 7) is 8.28. The van der Waals surface area contributed by atoms with E-state index in [1.54, 1.807) is 0 Å². The number of anilines is 1. The zero-order chi connectivity index (χ0) is 13.0. The second-order valence-electron chi connectivity index (χ2n) is 5.43. The maximum absolute atomic E-state index is 5.65. The lowest BCUT2D eigenvalue weighted by Crippen LogP contribution is -2.24. The van der Waals surface area contributed by atoms with Crippen LogP contribution < -0.4 is 5.73 Å². The minimum Gasteiger partial charge on any atom is -0.384 e. The molecule has 1 aliphatic heterocycles. The first-order valence-corrected chi connectivity index (χ1v) is 7.14. The Labute approximate surface area is 110 Å². The van der Waals surface area contributed by atoms with E-state index < -0.39 is 0 Å². The van der Waals surface area contributed by atoms with Crippen LogP contribution in [0.1, 0.15) is 44.6 Å². The average Bonchev–Trinajstić information content (AvgIpc) is 2.64. The number of likely N-dealkylation sites (tertiary alicyclic amines) is 1. The normalized spacial score (nSPS) is 23.6. The maximum Gasteiger partial charge on any atom is 0.123 e. The van der Waals surface area contributed by atoms with Crippen molar-refractivity contribution in [2.24, 2.45) is 5.92 Å². The van der Waals surface area contributed by atoms with E-state index >= 15 is 0 Å². The molecule has 0 bridgehead atoms. The highest BCUT2D eigenvalue weighted by atomic mass is 15.1. The van der Waals surface area contributed by atoms with Gasteiger partial charge in [0.15, 0.2) is 0 Å². The SMILES string of the molecule is CCN1CCCC(C(C)c2ccc(N)nc2)CC1. The molecule has 1 saturated heterocycles. The Kier molecular flexibility index (Phi) is 4.59. The molecule has 2 atom stereocenters. The van der Waals surface area contributed by atoms with E-state index in [1.165, 1.54) is 44.5 Å². The van der Waals surface area contributed by atoms with E-state index in [0.717, 1.165) is 5.92 Å². The number of hydrogen-bond acceptors (Lipinski definition) is 3. The molecule has 0 spiro atoms. The third-order valence-electron chi connectivity index (χ3n) is 4.35. The number of rotatable bonds is 3. The van der Waals surface area contributed by atoms with E-state index in [9.17, 15) is 0 Å². The molecule has 1 fully saturated rings. The summed E-state index contributed by atoms with van der Waals surface area (Å²) in [4.78, 5) is 6.78. The summed E-state index contributed by atoms with van der Waals surface area (Å²) in [5.74, 6) is 1.99. The summed E-state index contributed by atoms with van der Waals surface area (Å²) in [7, 11) is 0. The molecule has 3 nitrogen and oxygen atoms in total. The molecule has 18 heavy (non-hydrogen) atoms. The Hall–Kier alpha value is -1.09. The summed E-state index contributed by atoms with van der Waals surface area (Å²) in [5, 5.41) is 0. The van der Waals surface area contributed by atoms with Gasteiger partial charge in [-0.1, -0.05) is 19.9 Å². The highest BCUT2D eigenvalue weighted by Crippen LogP contribution is 2.32. The first-order chi connectivity index (χ1) is 8.70. The van der Waals surface area contributed by atoms with Gasteiger partial charge in [0.05, 0.1) is 0 Å². The number of aromatic nitrogens is 1. The van der Waals surface area contributed by atoms with E-state index in [2.05, 4.69) is 29.8 Å². The molecule has 1 aliphatic rings. The molecular formula is C15H25N3. The third-order valence-corrected chi connectivity index (χ3v) is 4.35. The molecule has 0 aliphatic carbocycles. The Bertz CT molecular complexity index is 361. The van der Waals surface area contributed by atoms with Crippen molar-refractivity contribution in [3.63, 3.8) is 0 Å². The van der Waals surface area contributed by atoms with Gasteiger partial charge in [-0.15, -0.1) is 0 Å². The fourth-order valence-corrected chi connectivity index (χ4v) is 2.96. The average molecular weight is 247 g/mol. The van der Waals surface area contributed by atoms with Crippen LogP contribution in [0, 0.1) is 5.92 Å². The van der Waals surface area contributed by atoms with Gasteiger partial charge in [0.25, 0.3) is 0 Å². The van der Waals surface area contributed by atoms with Gasteiger partial charge in [0.1, 0.15) is 5.82 Å². The topological polar surface area (TPSA) is 42.1 Å². The molecule has 100 valence electrons. The van der Waals surface area contributed by atoms with Crippen molar-refractivity contribution in [2.45, 2.75) is 39.0 Å². The van der Waals surface area contributed by atoms with Gasteiger partial charge >= 0.3 is 0 Å². The molecule has 2 N–H and O–H groups in total. The summed E-state index contributed by atoms with van der Waals surface area (Å²) in [6.07, 6.45) is 5.91. The molecule has 0 amide bonds. The van der Waals surface area contributed by atoms with Crippen LogP contribution in [0.3, 0.4) is 0 Å². The lowest BCUT2D eigenvalue weighted by Gasteiger charge is -2.23. The zero-order valence-electron chi connectivity index (χ0n) is 11.6. The van der Waals surface area contributed by atoms with Gasteiger partial charge in [-0.2, -0.15) is 0 Å². The molecule has 0 aromatic carbocycles. The Morgan fingerprint density at radius 3 is 2.89 bits per heavy atom. The molecule has 1 aromatic heterocycles. The van der Waals surface area contributed by atoms with Gasteiger partial charge in [-0.25, -0.2) is 4.98 Å². The predicted molar refractivity (Wildman–Crippen MR) is 76.5 cm³/mol. The van der Waals surface area contributed by atoms with Crippen LogP contribution in [0.4, 0.5) is 5.82 Å². The third kappa shape index (κ3) is 3.22. The van der Waals surface area contributed by atoms with Crippen molar-refractivity contribution in [1.29, 1.82) is 0 Å². The Balaban J connectivity index is 2.00. The van der Waals surface area contributed by atoms with Gasteiger partial charge in [0, 0.05) is 6.20 Å². The lowest BCUT2D eigenvalue weighted by atomic mass is 9.83. The van der Waals surface area contributed by atoms with Crippen molar-refractivity contribution in [3.8, 4) is 0 Å². The minimum atomic E-state index is 0.593. The molecule has 0 radical (unpaired) electrons. The van der Waals surface area contributed by atoms with E-state index in [1.807, 2.05) is 12.3 Å². The van der Waals surface area contributed by atoms with E-state index in [0.29, 0.717) is 11.7 Å². The summed E-state index contributed by atoms with van der Waals surface area (Å²) in [6, 6.07) is 4.05. The quantitative estimate of drug-likeness (QED) is 0.893. The van der Waals surface area contributed by atoms with Gasteiger partial charge in [-0.3, -0.25) is 0 Å². The van der Waals surface area contributed by atoms with Crippen LogP contribution in [-0.2, 0) is 0 Å². The first-order valence-electron chi connectivity index (χ1n) is 7.14. The van der Waals surface area contributed by atoms with Gasteiger partial charge in [0.2, 0.25) is 0 Å². The molecular weight excluding hydrogens is 222 g/mol. The summed E-state index contributed by atoms with van der Waals surface area (Å²) >= 11 is 0. The second kappa shape index (κ2) is 6.19. The van der Waals surface area contributed by atoms with Gasteiger partial charge < -0.3 is 10.6 Å². The van der Waals surface area contributed by atoms with Crippen LogP contribution in [0.15, 0.2) is 18.3 Å². The number of pyridine rings is 1. The molecule has 2 heterocycles. The fourth-order valence-electron chi connectivity index (χ4n) is 2.96. The van der Waals surface area contributed by atoms with Crippen molar-refractivity contribution < 1.29 is 0 Å². The minimum absolute atomic E-state index is 0.593. The zero-order valence-corrected chi connectivity index (χ0v) is 11.6. The van der Waals surface area contributed by atoms with Crippen molar-refractivity contribution in [2.75, 3.05) is 25.4 Å². The first kappa shape index (κ1) is 13.3. The van der Waals surface area contributed by atoms with Crippen molar-refractivity contribution in [3.05, 3.63) is 23.9 Å². The molecule has 1 aromatic rings. The molecule has 2 rings (SSSR count). The van der Waals surface area contributed by atoms with E-state index in [-0.39, 0.29) is 0 Å². The standard InChI is InChI=1S/C15H25N3/c1-3-18-9-4-5-13(8-10-18)12(2)14-6-7-15(16)17-11-14/h6-7,11-13H,3-5,8-10H2,1-2H3,(H2,16,17). The predicted octanol–water partition coefficient (Wildman–Crippen LogP) is 2.89. The second-order valence-corrected chi connectivity index (χ2v) is 5.43. The van der Waals surface area contributed by atoms with Gasteiger partial charge in [-0.05, 0) is 62.4 Å². The molecule has 3 heteroatoms. The van der Waals surface area contributed by atoms with Crippen molar-refractivity contribution >= 4 is 5.82 Å². The summed E-state index contributed by atoms with van der Waals surface area (Å²) < 4.78 is 0.